The highest BCUT2D eigenvalue weighted by atomic mass is 16.3. The molecule has 1 unspecified atom stereocenters. The summed E-state index contributed by atoms with van der Waals surface area (Å²) in [6.07, 6.45) is -0.590. The molecule has 19 heavy (non-hydrogen) atoms. The molecule has 0 bridgehead atoms. The average molecular weight is 252 g/mol. The molecular weight excluding hydrogens is 236 g/mol. The Labute approximate surface area is 113 Å². The molecule has 0 heterocycles. The first-order valence-electron chi connectivity index (χ1n) is 6.18. The van der Waals surface area contributed by atoms with Crippen molar-refractivity contribution in [2.24, 2.45) is 0 Å². The highest BCUT2D eigenvalue weighted by molar-refractivity contribution is 5.50. The van der Waals surface area contributed by atoms with E-state index < -0.39 is 6.10 Å². The van der Waals surface area contributed by atoms with Crippen molar-refractivity contribution in [1.29, 1.82) is 5.26 Å². The zero-order chi connectivity index (χ0) is 13.7. The zero-order valence-electron chi connectivity index (χ0n) is 10.8. The minimum Gasteiger partial charge on any atom is -0.387 e. The number of hydrogen-bond donors (Lipinski definition) is 2. The van der Waals surface area contributed by atoms with E-state index in [-0.39, 0.29) is 0 Å². The lowest BCUT2D eigenvalue weighted by Crippen LogP contribution is -2.12. The van der Waals surface area contributed by atoms with Crippen LogP contribution in [0.1, 0.15) is 22.8 Å². The Morgan fingerprint density at radius 2 is 1.84 bits per heavy atom. The Bertz CT molecular complexity index is 584. The van der Waals surface area contributed by atoms with E-state index in [9.17, 15) is 5.11 Å². The monoisotopic (exact) mass is 252 g/mol. The molecule has 2 aromatic rings. The number of aryl methyl sites for hydroxylation is 1. The molecule has 96 valence electrons. The minimum atomic E-state index is -0.590. The van der Waals surface area contributed by atoms with E-state index in [1.165, 1.54) is 0 Å². The van der Waals surface area contributed by atoms with Crippen molar-refractivity contribution in [2.75, 3.05) is 11.9 Å². The molecular formula is C16H16N2O. The number of rotatable bonds is 4. The average Bonchev–Trinajstić information content (AvgIpc) is 2.46. The van der Waals surface area contributed by atoms with Gasteiger partial charge in [0.25, 0.3) is 0 Å². The second-order valence-corrected chi connectivity index (χ2v) is 4.45. The number of nitrogens with zero attached hydrogens (tertiary/aromatic N) is 1. The van der Waals surface area contributed by atoms with Gasteiger partial charge in [0.15, 0.2) is 0 Å². The molecule has 2 aromatic carbocycles. The summed E-state index contributed by atoms with van der Waals surface area (Å²) in [5.74, 6) is 0. The first-order chi connectivity index (χ1) is 9.20. The fourth-order valence-electron chi connectivity index (χ4n) is 1.88. The number of hydrogen-bond acceptors (Lipinski definition) is 3. The summed E-state index contributed by atoms with van der Waals surface area (Å²) < 4.78 is 0. The van der Waals surface area contributed by atoms with Gasteiger partial charge in [0, 0.05) is 12.2 Å². The number of nitrogens with one attached hydrogen (secondary N) is 1. The summed E-state index contributed by atoms with van der Waals surface area (Å²) in [7, 11) is 0. The van der Waals surface area contributed by atoms with Crippen molar-refractivity contribution in [1.82, 2.24) is 0 Å². The predicted molar refractivity (Wildman–Crippen MR) is 75.8 cm³/mol. The number of para-hydroxylation sites is 1. The van der Waals surface area contributed by atoms with Crippen LogP contribution < -0.4 is 5.32 Å². The summed E-state index contributed by atoms with van der Waals surface area (Å²) in [6, 6.07) is 17.0. The highest BCUT2D eigenvalue weighted by Gasteiger charge is 2.07. The molecule has 0 saturated carbocycles. The second kappa shape index (κ2) is 6.03. The minimum absolute atomic E-state index is 0.441. The van der Waals surface area contributed by atoms with Gasteiger partial charge in [-0.3, -0.25) is 0 Å². The van der Waals surface area contributed by atoms with Crippen molar-refractivity contribution >= 4 is 5.69 Å². The molecule has 1 atom stereocenters. The van der Waals surface area contributed by atoms with Gasteiger partial charge < -0.3 is 10.4 Å². The van der Waals surface area contributed by atoms with Crippen LogP contribution in [0.3, 0.4) is 0 Å². The number of benzene rings is 2. The lowest BCUT2D eigenvalue weighted by atomic mass is 10.1. The van der Waals surface area contributed by atoms with Gasteiger partial charge in [-0.1, -0.05) is 30.3 Å². The van der Waals surface area contributed by atoms with Crippen LogP contribution in [0.2, 0.25) is 0 Å². The number of aliphatic hydroxyl groups excluding tert-OH is 1. The molecule has 0 amide bonds. The largest absolute Gasteiger partial charge is 0.387 e. The summed E-state index contributed by atoms with van der Waals surface area (Å²) in [5.41, 5.74) is 3.58. The quantitative estimate of drug-likeness (QED) is 0.879. The van der Waals surface area contributed by atoms with E-state index in [2.05, 4.69) is 11.4 Å². The Morgan fingerprint density at radius 1 is 1.16 bits per heavy atom. The molecule has 0 spiro atoms. The maximum Gasteiger partial charge on any atom is 0.0991 e. The van der Waals surface area contributed by atoms with Crippen LogP contribution in [-0.2, 0) is 0 Å². The van der Waals surface area contributed by atoms with Crippen molar-refractivity contribution in [3.05, 3.63) is 65.2 Å². The highest BCUT2D eigenvalue weighted by Crippen LogP contribution is 2.17. The van der Waals surface area contributed by atoms with Crippen molar-refractivity contribution in [3.63, 3.8) is 0 Å². The van der Waals surface area contributed by atoms with Gasteiger partial charge >= 0.3 is 0 Å². The van der Waals surface area contributed by atoms with Gasteiger partial charge in [-0.25, -0.2) is 0 Å². The lowest BCUT2D eigenvalue weighted by molar-refractivity contribution is 0.191. The molecule has 0 fully saturated rings. The van der Waals surface area contributed by atoms with Crippen molar-refractivity contribution in [3.8, 4) is 6.07 Å². The maximum atomic E-state index is 10.1. The third-order valence-corrected chi connectivity index (χ3v) is 3.06. The molecule has 2 N–H and O–H groups in total. The molecule has 3 nitrogen and oxygen atoms in total. The molecule has 0 aliphatic rings. The normalized spacial score (nSPS) is 11.6. The number of nitriles is 1. The van der Waals surface area contributed by atoms with Crippen LogP contribution >= 0.6 is 0 Å². The van der Waals surface area contributed by atoms with E-state index in [1.54, 1.807) is 24.3 Å². The van der Waals surface area contributed by atoms with E-state index in [0.29, 0.717) is 12.1 Å². The van der Waals surface area contributed by atoms with Gasteiger partial charge in [0.2, 0.25) is 0 Å². The van der Waals surface area contributed by atoms with Crippen LogP contribution in [0.15, 0.2) is 48.5 Å². The van der Waals surface area contributed by atoms with Crippen LogP contribution in [0.4, 0.5) is 5.69 Å². The number of anilines is 1. The SMILES string of the molecule is Cc1ccccc1NCC(O)c1ccc(C#N)cc1. The Kier molecular flexibility index (Phi) is 4.17. The van der Waals surface area contributed by atoms with Crippen LogP contribution in [-0.4, -0.2) is 11.7 Å². The summed E-state index contributed by atoms with van der Waals surface area (Å²) in [5, 5.41) is 22.0. The third kappa shape index (κ3) is 3.34. The second-order valence-electron chi connectivity index (χ2n) is 4.45. The topological polar surface area (TPSA) is 56.0 Å². The number of aliphatic hydroxyl groups is 1. The molecule has 0 aliphatic carbocycles. The van der Waals surface area contributed by atoms with Crippen molar-refractivity contribution < 1.29 is 5.11 Å². The van der Waals surface area contributed by atoms with Gasteiger partial charge in [-0.05, 0) is 36.2 Å². The molecule has 2 rings (SSSR count). The summed E-state index contributed by atoms with van der Waals surface area (Å²) >= 11 is 0. The molecule has 0 radical (unpaired) electrons. The first-order valence-corrected chi connectivity index (χ1v) is 6.18. The summed E-state index contributed by atoms with van der Waals surface area (Å²) in [4.78, 5) is 0. The van der Waals surface area contributed by atoms with Crippen LogP contribution in [0, 0.1) is 18.3 Å². The van der Waals surface area contributed by atoms with Gasteiger partial charge in [0.05, 0.1) is 17.7 Å². The molecule has 0 aliphatic heterocycles. The molecule has 0 saturated heterocycles. The van der Waals surface area contributed by atoms with E-state index in [0.717, 1.165) is 16.8 Å². The molecule has 0 aromatic heterocycles. The fraction of sp³-hybridized carbons (Fsp3) is 0.188. The Hall–Kier alpha value is -2.31. The zero-order valence-corrected chi connectivity index (χ0v) is 10.8. The van der Waals surface area contributed by atoms with Crippen LogP contribution in [0.25, 0.3) is 0 Å². The standard InChI is InChI=1S/C16H16N2O/c1-12-4-2-3-5-15(12)18-11-16(19)14-8-6-13(10-17)7-9-14/h2-9,16,18-19H,11H2,1H3. The van der Waals surface area contributed by atoms with Crippen LogP contribution in [0.5, 0.6) is 0 Å². The van der Waals surface area contributed by atoms with Gasteiger partial charge in [-0.2, -0.15) is 5.26 Å². The predicted octanol–water partition coefficient (Wildman–Crippen LogP) is 3.01. The van der Waals surface area contributed by atoms with Crippen molar-refractivity contribution in [2.45, 2.75) is 13.0 Å². The van der Waals surface area contributed by atoms with E-state index >= 15 is 0 Å². The van der Waals surface area contributed by atoms with Gasteiger partial charge in [-0.15, -0.1) is 0 Å². The van der Waals surface area contributed by atoms with E-state index in [1.807, 2.05) is 31.2 Å². The Balaban J connectivity index is 1.99. The smallest absolute Gasteiger partial charge is 0.0991 e. The molecule has 3 heteroatoms. The Morgan fingerprint density at radius 3 is 2.47 bits per heavy atom. The fourth-order valence-corrected chi connectivity index (χ4v) is 1.88. The van der Waals surface area contributed by atoms with Gasteiger partial charge in [0.1, 0.15) is 0 Å². The summed E-state index contributed by atoms with van der Waals surface area (Å²) in [6.45, 7) is 2.47. The third-order valence-electron chi connectivity index (χ3n) is 3.06. The maximum absolute atomic E-state index is 10.1. The lowest BCUT2D eigenvalue weighted by Gasteiger charge is -2.14. The first kappa shape index (κ1) is 13.1. The van der Waals surface area contributed by atoms with E-state index in [4.69, 9.17) is 5.26 Å².